The van der Waals surface area contributed by atoms with Gasteiger partial charge in [-0.1, -0.05) is 0 Å². The molecule has 19 heavy (non-hydrogen) atoms. The zero-order valence-corrected chi connectivity index (χ0v) is 11.2. The van der Waals surface area contributed by atoms with E-state index in [1.54, 1.807) is 11.3 Å². The summed E-state index contributed by atoms with van der Waals surface area (Å²) < 4.78 is 1.07. The summed E-state index contributed by atoms with van der Waals surface area (Å²) >= 11 is 1.57. The van der Waals surface area contributed by atoms with Crippen LogP contribution in [0.3, 0.4) is 0 Å². The predicted octanol–water partition coefficient (Wildman–Crippen LogP) is 1.92. The number of amides is 1. The standard InChI is InChI=1S/C14H15N3OS/c18-14(17-12-6-9-2-4-10(12)16-9)8-1-3-11-13(5-8)19-7-15-11/h1,3,5,7,9-10,12,16H,2,4,6H2,(H,17,18)/t9-,10+,12-/m1/s1. The van der Waals surface area contributed by atoms with Gasteiger partial charge in [0.05, 0.1) is 15.7 Å². The summed E-state index contributed by atoms with van der Waals surface area (Å²) in [6.07, 6.45) is 3.51. The summed E-state index contributed by atoms with van der Waals surface area (Å²) in [4.78, 5) is 16.5. The van der Waals surface area contributed by atoms with E-state index in [4.69, 9.17) is 0 Å². The summed E-state index contributed by atoms with van der Waals surface area (Å²) in [7, 11) is 0. The molecule has 5 heteroatoms. The van der Waals surface area contributed by atoms with E-state index >= 15 is 0 Å². The lowest BCUT2D eigenvalue weighted by atomic mass is 9.95. The van der Waals surface area contributed by atoms with Gasteiger partial charge in [-0.05, 0) is 37.5 Å². The van der Waals surface area contributed by atoms with Gasteiger partial charge in [-0.15, -0.1) is 11.3 Å². The highest BCUT2D eigenvalue weighted by Crippen LogP contribution is 2.28. The third-order valence-corrected chi connectivity index (χ3v) is 5.00. The van der Waals surface area contributed by atoms with Crippen LogP contribution in [0, 0.1) is 0 Å². The SMILES string of the molecule is O=C(N[C@@H]1C[C@H]2CC[C@@H]1N2)c1ccc2ncsc2c1. The Balaban J connectivity index is 1.53. The number of aromatic nitrogens is 1. The van der Waals surface area contributed by atoms with Crippen LogP contribution < -0.4 is 10.6 Å². The molecule has 98 valence electrons. The van der Waals surface area contributed by atoms with Gasteiger partial charge in [-0.2, -0.15) is 0 Å². The van der Waals surface area contributed by atoms with Gasteiger partial charge in [0.15, 0.2) is 0 Å². The van der Waals surface area contributed by atoms with Gasteiger partial charge in [-0.3, -0.25) is 4.79 Å². The maximum Gasteiger partial charge on any atom is 0.251 e. The molecule has 1 amide bonds. The van der Waals surface area contributed by atoms with E-state index in [1.807, 2.05) is 23.7 Å². The molecule has 0 radical (unpaired) electrons. The van der Waals surface area contributed by atoms with E-state index in [1.165, 1.54) is 12.8 Å². The minimum Gasteiger partial charge on any atom is -0.348 e. The van der Waals surface area contributed by atoms with Gasteiger partial charge in [0.2, 0.25) is 0 Å². The summed E-state index contributed by atoms with van der Waals surface area (Å²) in [5.41, 5.74) is 3.51. The molecule has 2 bridgehead atoms. The normalized spacial score (nSPS) is 28.9. The van der Waals surface area contributed by atoms with Crippen LogP contribution in [0.1, 0.15) is 29.6 Å². The first-order valence-corrected chi connectivity index (χ1v) is 7.58. The first-order chi connectivity index (χ1) is 9.29. The molecule has 0 aliphatic carbocycles. The number of fused-ring (bicyclic) bond motifs is 3. The molecule has 3 heterocycles. The molecule has 0 saturated carbocycles. The number of benzene rings is 1. The second kappa shape index (κ2) is 4.28. The van der Waals surface area contributed by atoms with Gasteiger partial charge in [-0.25, -0.2) is 4.98 Å². The van der Waals surface area contributed by atoms with Crippen LogP contribution in [-0.2, 0) is 0 Å². The van der Waals surface area contributed by atoms with Crippen molar-refractivity contribution in [1.82, 2.24) is 15.6 Å². The van der Waals surface area contributed by atoms with Gasteiger partial charge in [0.1, 0.15) is 0 Å². The monoisotopic (exact) mass is 273 g/mol. The highest BCUT2D eigenvalue weighted by atomic mass is 32.1. The molecule has 1 aromatic carbocycles. The lowest BCUT2D eigenvalue weighted by Gasteiger charge is -2.21. The van der Waals surface area contributed by atoms with Crippen molar-refractivity contribution in [3.05, 3.63) is 29.3 Å². The van der Waals surface area contributed by atoms with Gasteiger partial charge < -0.3 is 10.6 Å². The number of carbonyl (C=O) groups is 1. The first kappa shape index (κ1) is 11.4. The molecular formula is C14H15N3OS. The Kier molecular flexibility index (Phi) is 2.56. The molecule has 2 saturated heterocycles. The first-order valence-electron chi connectivity index (χ1n) is 6.70. The zero-order chi connectivity index (χ0) is 12.8. The second-order valence-electron chi connectivity index (χ2n) is 5.40. The van der Waals surface area contributed by atoms with Crippen molar-refractivity contribution < 1.29 is 4.79 Å². The third-order valence-electron chi connectivity index (χ3n) is 4.21. The fourth-order valence-electron chi connectivity index (χ4n) is 3.23. The van der Waals surface area contributed by atoms with Crippen LogP contribution in [0.15, 0.2) is 23.7 Å². The quantitative estimate of drug-likeness (QED) is 0.879. The van der Waals surface area contributed by atoms with Gasteiger partial charge in [0, 0.05) is 23.7 Å². The Morgan fingerprint density at radius 3 is 3.16 bits per heavy atom. The number of carbonyl (C=O) groups excluding carboxylic acids is 1. The number of hydrogen-bond acceptors (Lipinski definition) is 4. The number of nitrogens with zero attached hydrogens (tertiary/aromatic N) is 1. The largest absolute Gasteiger partial charge is 0.348 e. The molecule has 0 unspecified atom stereocenters. The molecular weight excluding hydrogens is 258 g/mol. The fraction of sp³-hybridized carbons (Fsp3) is 0.429. The maximum atomic E-state index is 12.3. The van der Waals surface area contributed by atoms with Gasteiger partial charge >= 0.3 is 0 Å². The molecule has 4 rings (SSSR count). The predicted molar refractivity (Wildman–Crippen MR) is 75.4 cm³/mol. The van der Waals surface area contributed by atoms with E-state index < -0.39 is 0 Å². The molecule has 2 aliphatic rings. The third kappa shape index (κ3) is 1.93. The van der Waals surface area contributed by atoms with Crippen LogP contribution in [0.2, 0.25) is 0 Å². The Labute approximate surface area is 115 Å². The molecule has 2 fully saturated rings. The smallest absolute Gasteiger partial charge is 0.251 e. The average molecular weight is 273 g/mol. The highest BCUT2D eigenvalue weighted by molar-refractivity contribution is 7.16. The van der Waals surface area contributed by atoms with Crippen LogP contribution in [-0.4, -0.2) is 29.0 Å². The summed E-state index contributed by atoms with van der Waals surface area (Å²) in [5, 5.41) is 6.70. The Bertz CT molecular complexity index is 638. The van der Waals surface area contributed by atoms with Crippen molar-refractivity contribution in [1.29, 1.82) is 0 Å². The molecule has 3 atom stereocenters. The van der Waals surface area contributed by atoms with E-state index in [0.717, 1.165) is 22.2 Å². The average Bonchev–Trinajstić information content (AvgIpc) is 3.13. The van der Waals surface area contributed by atoms with Crippen molar-refractivity contribution in [3.8, 4) is 0 Å². The maximum absolute atomic E-state index is 12.3. The number of rotatable bonds is 2. The lowest BCUT2D eigenvalue weighted by molar-refractivity contribution is 0.0931. The number of nitrogens with one attached hydrogen (secondary N) is 2. The number of thiazole rings is 1. The van der Waals surface area contributed by atoms with Crippen LogP contribution in [0.4, 0.5) is 0 Å². The Morgan fingerprint density at radius 2 is 2.37 bits per heavy atom. The molecule has 4 nitrogen and oxygen atoms in total. The second-order valence-corrected chi connectivity index (χ2v) is 6.28. The van der Waals surface area contributed by atoms with Gasteiger partial charge in [0.25, 0.3) is 5.91 Å². The molecule has 0 spiro atoms. The molecule has 1 aromatic heterocycles. The molecule has 2 aromatic rings. The van der Waals surface area contributed by atoms with E-state index in [-0.39, 0.29) is 5.91 Å². The number of hydrogen-bond donors (Lipinski definition) is 2. The summed E-state index contributed by atoms with van der Waals surface area (Å²) in [5.74, 6) is 0.0367. The van der Waals surface area contributed by atoms with E-state index in [2.05, 4.69) is 15.6 Å². The minimum atomic E-state index is 0.0367. The van der Waals surface area contributed by atoms with Crippen molar-refractivity contribution in [2.75, 3.05) is 0 Å². The van der Waals surface area contributed by atoms with Crippen molar-refractivity contribution in [2.24, 2.45) is 0 Å². The van der Waals surface area contributed by atoms with Crippen molar-refractivity contribution >= 4 is 27.5 Å². The van der Waals surface area contributed by atoms with Crippen molar-refractivity contribution in [3.63, 3.8) is 0 Å². The fourth-order valence-corrected chi connectivity index (χ4v) is 3.95. The Morgan fingerprint density at radius 1 is 1.42 bits per heavy atom. The minimum absolute atomic E-state index is 0.0367. The Hall–Kier alpha value is -1.46. The van der Waals surface area contributed by atoms with E-state index in [0.29, 0.717) is 18.1 Å². The summed E-state index contributed by atoms with van der Waals surface area (Å²) in [6, 6.07) is 7.09. The van der Waals surface area contributed by atoms with Crippen molar-refractivity contribution in [2.45, 2.75) is 37.4 Å². The zero-order valence-electron chi connectivity index (χ0n) is 10.4. The van der Waals surface area contributed by atoms with Crippen LogP contribution in [0.5, 0.6) is 0 Å². The highest BCUT2D eigenvalue weighted by Gasteiger charge is 2.39. The van der Waals surface area contributed by atoms with E-state index in [9.17, 15) is 4.79 Å². The van der Waals surface area contributed by atoms with Crippen LogP contribution >= 0.6 is 11.3 Å². The molecule has 2 aliphatic heterocycles. The lowest BCUT2D eigenvalue weighted by Crippen LogP contribution is -2.42. The topological polar surface area (TPSA) is 54.0 Å². The molecule has 2 N–H and O–H groups in total. The summed E-state index contributed by atoms with van der Waals surface area (Å²) in [6.45, 7) is 0. The van der Waals surface area contributed by atoms with Crippen LogP contribution in [0.25, 0.3) is 10.2 Å².